The van der Waals surface area contributed by atoms with Crippen LogP contribution in [0.5, 0.6) is 0 Å². The third kappa shape index (κ3) is 7.56. The molecule has 13 heteroatoms. The molecule has 3 unspecified atom stereocenters. The van der Waals surface area contributed by atoms with Gasteiger partial charge in [0.15, 0.2) is 0 Å². The molecule has 0 aromatic heterocycles. The first-order valence-corrected chi connectivity index (χ1v) is 13.3. The fourth-order valence-electron chi connectivity index (χ4n) is 5.56. The summed E-state index contributed by atoms with van der Waals surface area (Å²) in [5.41, 5.74) is -1.54. The number of piperidine rings is 1. The van der Waals surface area contributed by atoms with E-state index in [0.717, 1.165) is 25.9 Å². The number of halogens is 7. The molecule has 41 heavy (non-hydrogen) atoms. The molecule has 0 radical (unpaired) electrons. The van der Waals surface area contributed by atoms with Crippen molar-refractivity contribution in [3.8, 4) is 0 Å². The van der Waals surface area contributed by atoms with Crippen LogP contribution in [0.2, 0.25) is 0 Å². The van der Waals surface area contributed by atoms with E-state index in [1.807, 2.05) is 4.90 Å². The lowest BCUT2D eigenvalue weighted by Gasteiger charge is -2.47. The zero-order chi connectivity index (χ0) is 30.0. The summed E-state index contributed by atoms with van der Waals surface area (Å²) in [5, 5.41) is 11.9. The van der Waals surface area contributed by atoms with Crippen molar-refractivity contribution in [3.63, 3.8) is 0 Å². The number of hydrogen-bond acceptors (Lipinski definition) is 5. The zero-order valence-electron chi connectivity index (χ0n) is 22.4. The van der Waals surface area contributed by atoms with E-state index in [0.29, 0.717) is 17.7 Å². The highest BCUT2D eigenvalue weighted by molar-refractivity contribution is 5.77. The summed E-state index contributed by atoms with van der Waals surface area (Å²) in [6, 6.07) is 5.92. The lowest BCUT2D eigenvalue weighted by molar-refractivity contribution is -0.163. The summed E-state index contributed by atoms with van der Waals surface area (Å²) in [4.78, 5) is 14.7. The van der Waals surface area contributed by atoms with Gasteiger partial charge in [-0.3, -0.25) is 15.1 Å². The number of benzene rings is 2. The Morgan fingerprint density at radius 1 is 1.02 bits per heavy atom. The lowest BCUT2D eigenvalue weighted by Crippen LogP contribution is -2.57. The predicted molar refractivity (Wildman–Crippen MR) is 135 cm³/mol. The number of carbonyl (C=O) groups excluding carboxylic acids is 1. The average molecular weight is 592 g/mol. The molecule has 2 aliphatic rings. The molecule has 2 N–H and O–H groups in total. The number of ether oxygens (including phenoxy) is 1. The number of amides is 1. The number of hydrogen-bond donors (Lipinski definition) is 2. The number of aliphatic hydroxyl groups is 1. The second-order valence-corrected chi connectivity index (χ2v) is 10.6. The number of likely N-dealkylation sites (tertiary alicyclic amines) is 1. The highest BCUT2D eigenvalue weighted by Gasteiger charge is 2.44. The Kier molecular flexibility index (Phi) is 9.32. The van der Waals surface area contributed by atoms with Crippen LogP contribution in [-0.2, 0) is 27.5 Å². The monoisotopic (exact) mass is 591 g/mol. The number of hydrazine groups is 1. The van der Waals surface area contributed by atoms with E-state index in [1.165, 1.54) is 24.3 Å². The van der Waals surface area contributed by atoms with Crippen LogP contribution in [0.1, 0.15) is 61.0 Å². The van der Waals surface area contributed by atoms with Gasteiger partial charge in [0.2, 0.25) is 5.91 Å². The molecule has 2 heterocycles. The number of aliphatic hydroxyl groups excluding tert-OH is 1. The van der Waals surface area contributed by atoms with Crippen molar-refractivity contribution < 1.29 is 45.4 Å². The van der Waals surface area contributed by atoms with Crippen molar-refractivity contribution in [3.05, 3.63) is 70.5 Å². The normalized spacial score (nSPS) is 23.5. The third-order valence-corrected chi connectivity index (χ3v) is 7.63. The summed E-state index contributed by atoms with van der Waals surface area (Å²) in [7, 11) is 0. The molecule has 2 aromatic rings. The number of alkyl halides is 6. The van der Waals surface area contributed by atoms with Crippen LogP contribution in [0.25, 0.3) is 0 Å². The minimum Gasteiger partial charge on any atom is -0.393 e. The van der Waals surface area contributed by atoms with Crippen LogP contribution in [0, 0.1) is 5.82 Å². The van der Waals surface area contributed by atoms with Gasteiger partial charge in [-0.25, -0.2) is 9.40 Å². The number of nitrogens with zero attached hydrogens (tertiary/aromatic N) is 2. The predicted octanol–water partition coefficient (Wildman–Crippen LogP) is 5.42. The molecule has 0 spiro atoms. The minimum absolute atomic E-state index is 0.0130. The van der Waals surface area contributed by atoms with E-state index >= 15 is 0 Å². The second kappa shape index (κ2) is 12.2. The maximum Gasteiger partial charge on any atom is 0.416 e. The Bertz CT molecular complexity index is 1170. The van der Waals surface area contributed by atoms with Crippen molar-refractivity contribution in [2.75, 3.05) is 32.8 Å². The van der Waals surface area contributed by atoms with Crippen LogP contribution in [0.15, 0.2) is 42.5 Å². The van der Waals surface area contributed by atoms with Gasteiger partial charge in [-0.1, -0.05) is 12.1 Å². The van der Waals surface area contributed by atoms with Crippen LogP contribution in [0.4, 0.5) is 30.7 Å². The summed E-state index contributed by atoms with van der Waals surface area (Å²) in [6.07, 6.45) is -9.37. The van der Waals surface area contributed by atoms with Gasteiger partial charge in [-0.2, -0.15) is 26.3 Å². The molecular formula is C28H32F7N3O3. The largest absolute Gasteiger partial charge is 0.416 e. The smallest absolute Gasteiger partial charge is 0.393 e. The first-order valence-electron chi connectivity index (χ1n) is 13.3. The summed E-state index contributed by atoms with van der Waals surface area (Å²) >= 11 is 0. The molecule has 2 aliphatic heterocycles. The van der Waals surface area contributed by atoms with E-state index in [2.05, 4.69) is 5.43 Å². The molecule has 4 rings (SSSR count). The van der Waals surface area contributed by atoms with E-state index in [1.54, 1.807) is 11.9 Å². The molecule has 0 aliphatic carbocycles. The fourth-order valence-corrected chi connectivity index (χ4v) is 5.56. The zero-order valence-corrected chi connectivity index (χ0v) is 22.4. The Morgan fingerprint density at radius 3 is 2.12 bits per heavy atom. The van der Waals surface area contributed by atoms with Crippen molar-refractivity contribution in [1.82, 2.24) is 15.3 Å². The van der Waals surface area contributed by atoms with Gasteiger partial charge in [0.1, 0.15) is 11.9 Å². The Hall–Kier alpha value is -2.74. The first-order chi connectivity index (χ1) is 19.2. The maximum atomic E-state index is 13.8. The lowest BCUT2D eigenvalue weighted by atomic mass is 9.81. The van der Waals surface area contributed by atoms with Crippen molar-refractivity contribution in [2.24, 2.45) is 0 Å². The SMILES string of the molecule is CC1CC(OC(CO)c2cc(C(F)(F)F)cc(C(F)(F)F)c2)(c2ccc(F)cc2)CCN1NC(=O)CN1CCCC1. The average Bonchev–Trinajstić information content (AvgIpc) is 3.41. The first kappa shape index (κ1) is 31.2. The quantitative estimate of drug-likeness (QED) is 0.402. The molecule has 3 atom stereocenters. The highest BCUT2D eigenvalue weighted by Crippen LogP contribution is 2.44. The molecule has 0 bridgehead atoms. The molecule has 6 nitrogen and oxygen atoms in total. The standard InChI is InChI=1S/C28H32F7N3O3/c1-18-15-26(20-4-6-23(29)7-5-20,8-11-38(18)36-25(40)16-37-9-2-3-10-37)41-24(17-39)19-12-21(27(30,31)32)14-22(13-19)28(33,34)35/h4-7,12-14,18,24,39H,2-3,8-11,15-17H2,1H3,(H,36,40). The molecular weight excluding hydrogens is 559 g/mol. The topological polar surface area (TPSA) is 65.0 Å². The highest BCUT2D eigenvalue weighted by atomic mass is 19.4. The van der Waals surface area contributed by atoms with Gasteiger partial charge in [-0.15, -0.1) is 0 Å². The molecule has 2 aromatic carbocycles. The number of carbonyl (C=O) groups is 1. The van der Waals surface area contributed by atoms with E-state index < -0.39 is 53.2 Å². The van der Waals surface area contributed by atoms with Crippen molar-refractivity contribution >= 4 is 5.91 Å². The minimum atomic E-state index is -5.07. The van der Waals surface area contributed by atoms with Crippen LogP contribution < -0.4 is 5.43 Å². The summed E-state index contributed by atoms with van der Waals surface area (Å²) in [5.74, 6) is -0.749. The van der Waals surface area contributed by atoms with Crippen LogP contribution in [-0.4, -0.2) is 59.8 Å². The third-order valence-electron chi connectivity index (χ3n) is 7.63. The maximum absolute atomic E-state index is 13.8. The van der Waals surface area contributed by atoms with Crippen LogP contribution >= 0.6 is 0 Å². The van der Waals surface area contributed by atoms with E-state index in [-0.39, 0.29) is 43.9 Å². The molecule has 1 amide bonds. The van der Waals surface area contributed by atoms with Gasteiger partial charge in [0.25, 0.3) is 0 Å². The van der Waals surface area contributed by atoms with Crippen LogP contribution in [0.3, 0.4) is 0 Å². The van der Waals surface area contributed by atoms with Gasteiger partial charge in [0.05, 0.1) is 29.9 Å². The van der Waals surface area contributed by atoms with Gasteiger partial charge < -0.3 is 9.84 Å². The molecule has 226 valence electrons. The van der Waals surface area contributed by atoms with Crippen molar-refractivity contribution in [2.45, 2.75) is 62.7 Å². The Morgan fingerprint density at radius 2 is 1.61 bits per heavy atom. The molecule has 2 saturated heterocycles. The summed E-state index contributed by atoms with van der Waals surface area (Å²) < 4.78 is 101. The Balaban J connectivity index is 1.63. The van der Waals surface area contributed by atoms with E-state index in [4.69, 9.17) is 4.74 Å². The molecule has 2 fully saturated rings. The van der Waals surface area contributed by atoms with Crippen molar-refractivity contribution in [1.29, 1.82) is 0 Å². The summed E-state index contributed by atoms with van der Waals surface area (Å²) in [6.45, 7) is 2.99. The van der Waals surface area contributed by atoms with Gasteiger partial charge in [-0.05, 0) is 87.2 Å². The fraction of sp³-hybridized carbons (Fsp3) is 0.536. The van der Waals surface area contributed by atoms with Gasteiger partial charge in [0, 0.05) is 12.6 Å². The second-order valence-electron chi connectivity index (χ2n) is 10.6. The number of nitrogens with one attached hydrogen (secondary N) is 1. The van der Waals surface area contributed by atoms with E-state index in [9.17, 15) is 40.6 Å². The number of rotatable bonds is 8. The van der Waals surface area contributed by atoms with Gasteiger partial charge >= 0.3 is 12.4 Å². The Labute approximate surface area is 233 Å². The molecule has 0 saturated carbocycles.